The summed E-state index contributed by atoms with van der Waals surface area (Å²) in [5, 5.41) is 7.15. The van der Waals surface area contributed by atoms with Crippen LogP contribution in [-0.4, -0.2) is 42.5 Å². The summed E-state index contributed by atoms with van der Waals surface area (Å²) in [6.45, 7) is 3.60. The van der Waals surface area contributed by atoms with Gasteiger partial charge < -0.3 is 5.32 Å². The second kappa shape index (κ2) is 6.54. The minimum absolute atomic E-state index is 0.00156. The molecule has 1 aromatic carbocycles. The molecule has 1 amide bonds. The Kier molecular flexibility index (Phi) is 5.03. The van der Waals surface area contributed by atoms with E-state index >= 15 is 0 Å². The zero-order valence-electron chi connectivity index (χ0n) is 14.1. The molecule has 0 fully saturated rings. The Morgan fingerprint density at radius 1 is 1.29 bits per heavy atom. The van der Waals surface area contributed by atoms with Gasteiger partial charge in [0.2, 0.25) is 10.0 Å². The SMILES string of the molecule is Cc1nn(C)c(C)c1NC(=O)c1cc(S(=O)(=O)N(C)C)ccc1Cl. The van der Waals surface area contributed by atoms with Crippen LogP contribution in [0.5, 0.6) is 0 Å². The van der Waals surface area contributed by atoms with Crippen LogP contribution in [0.1, 0.15) is 21.7 Å². The van der Waals surface area contributed by atoms with Gasteiger partial charge in [-0.2, -0.15) is 5.10 Å². The maximum Gasteiger partial charge on any atom is 0.257 e. The number of hydrogen-bond donors (Lipinski definition) is 1. The van der Waals surface area contributed by atoms with Gasteiger partial charge in [0.05, 0.1) is 32.6 Å². The van der Waals surface area contributed by atoms with E-state index in [0.29, 0.717) is 11.4 Å². The number of nitrogens with one attached hydrogen (secondary N) is 1. The molecule has 7 nitrogen and oxygen atoms in total. The Balaban J connectivity index is 2.43. The first kappa shape index (κ1) is 18.4. The van der Waals surface area contributed by atoms with E-state index in [-0.39, 0.29) is 15.5 Å². The maximum absolute atomic E-state index is 12.6. The Morgan fingerprint density at radius 2 is 1.92 bits per heavy atom. The van der Waals surface area contributed by atoms with E-state index in [9.17, 15) is 13.2 Å². The van der Waals surface area contributed by atoms with Gasteiger partial charge in [0.25, 0.3) is 5.91 Å². The molecule has 9 heteroatoms. The monoisotopic (exact) mass is 370 g/mol. The van der Waals surface area contributed by atoms with E-state index in [1.165, 1.54) is 32.3 Å². The van der Waals surface area contributed by atoms with Gasteiger partial charge in [-0.25, -0.2) is 12.7 Å². The van der Waals surface area contributed by atoms with Crippen LogP contribution in [0.25, 0.3) is 0 Å². The van der Waals surface area contributed by atoms with Crippen LogP contribution in [0.2, 0.25) is 5.02 Å². The standard InChI is InChI=1S/C15H19ClN4O3S/c1-9-14(10(2)20(5)18-9)17-15(21)12-8-11(6-7-13(12)16)24(22,23)19(3)4/h6-8H,1-5H3,(H,17,21). The number of nitrogens with zero attached hydrogens (tertiary/aromatic N) is 3. The number of carbonyl (C=O) groups excluding carboxylic acids is 1. The highest BCUT2D eigenvalue weighted by atomic mass is 35.5. The third kappa shape index (κ3) is 3.31. The van der Waals surface area contributed by atoms with Crippen molar-refractivity contribution >= 4 is 33.2 Å². The molecule has 0 radical (unpaired) electrons. The summed E-state index contributed by atoms with van der Waals surface area (Å²) >= 11 is 6.08. The van der Waals surface area contributed by atoms with Crippen molar-refractivity contribution in [1.29, 1.82) is 0 Å². The van der Waals surface area contributed by atoms with Gasteiger partial charge in [-0.15, -0.1) is 0 Å². The summed E-state index contributed by atoms with van der Waals surface area (Å²) in [4.78, 5) is 12.6. The van der Waals surface area contributed by atoms with Crippen molar-refractivity contribution in [2.24, 2.45) is 7.05 Å². The molecule has 1 heterocycles. The number of anilines is 1. The topological polar surface area (TPSA) is 84.3 Å². The van der Waals surface area contributed by atoms with Gasteiger partial charge in [-0.1, -0.05) is 11.6 Å². The van der Waals surface area contributed by atoms with Crippen molar-refractivity contribution in [3.05, 3.63) is 40.2 Å². The van der Waals surface area contributed by atoms with Crippen LogP contribution in [0, 0.1) is 13.8 Å². The molecule has 1 aromatic heterocycles. The van der Waals surface area contributed by atoms with Crippen LogP contribution in [0.15, 0.2) is 23.1 Å². The van der Waals surface area contributed by atoms with Crippen molar-refractivity contribution in [1.82, 2.24) is 14.1 Å². The van der Waals surface area contributed by atoms with E-state index in [4.69, 9.17) is 11.6 Å². The molecule has 0 atom stereocenters. The van der Waals surface area contributed by atoms with Crippen LogP contribution in [0.4, 0.5) is 5.69 Å². The molecule has 24 heavy (non-hydrogen) atoms. The number of aromatic nitrogens is 2. The van der Waals surface area contributed by atoms with Crippen molar-refractivity contribution < 1.29 is 13.2 Å². The summed E-state index contributed by atoms with van der Waals surface area (Å²) in [6, 6.07) is 4.04. The number of carbonyl (C=O) groups is 1. The molecule has 2 aromatic rings. The smallest absolute Gasteiger partial charge is 0.257 e. The first-order valence-corrected chi connectivity index (χ1v) is 8.91. The van der Waals surface area contributed by atoms with Crippen LogP contribution < -0.4 is 5.32 Å². The first-order chi connectivity index (χ1) is 11.1. The van der Waals surface area contributed by atoms with Crippen molar-refractivity contribution in [2.75, 3.05) is 19.4 Å². The molecular formula is C15H19ClN4O3S. The summed E-state index contributed by atoms with van der Waals surface area (Å²) in [7, 11) is 0.962. The summed E-state index contributed by atoms with van der Waals surface area (Å²) < 4.78 is 27.2. The molecule has 0 aliphatic heterocycles. The van der Waals surface area contributed by atoms with E-state index in [1.54, 1.807) is 18.7 Å². The Morgan fingerprint density at radius 3 is 2.42 bits per heavy atom. The number of amides is 1. The zero-order valence-corrected chi connectivity index (χ0v) is 15.7. The minimum Gasteiger partial charge on any atom is -0.319 e. The maximum atomic E-state index is 12.6. The van der Waals surface area contributed by atoms with Gasteiger partial charge in [0.15, 0.2) is 0 Å². The van der Waals surface area contributed by atoms with E-state index < -0.39 is 15.9 Å². The number of aryl methyl sites for hydroxylation is 2. The lowest BCUT2D eigenvalue weighted by atomic mass is 10.2. The fourth-order valence-electron chi connectivity index (χ4n) is 2.19. The second-order valence-corrected chi connectivity index (χ2v) is 8.11. The molecule has 0 unspecified atom stereocenters. The quantitative estimate of drug-likeness (QED) is 0.894. The highest BCUT2D eigenvalue weighted by Crippen LogP contribution is 2.25. The summed E-state index contributed by atoms with van der Waals surface area (Å²) in [6.07, 6.45) is 0. The normalized spacial score (nSPS) is 11.8. The molecule has 0 aliphatic carbocycles. The van der Waals surface area contributed by atoms with Crippen LogP contribution in [-0.2, 0) is 17.1 Å². The first-order valence-electron chi connectivity index (χ1n) is 7.09. The third-order valence-electron chi connectivity index (χ3n) is 3.71. The van der Waals surface area contributed by atoms with Gasteiger partial charge in [0.1, 0.15) is 0 Å². The molecule has 0 saturated carbocycles. The summed E-state index contributed by atoms with van der Waals surface area (Å²) in [5.74, 6) is -0.491. The van der Waals surface area contributed by atoms with Crippen LogP contribution in [0.3, 0.4) is 0 Å². The van der Waals surface area contributed by atoms with E-state index in [0.717, 1.165) is 10.00 Å². The fraction of sp³-hybridized carbons (Fsp3) is 0.333. The molecule has 2 rings (SSSR count). The predicted octanol–water partition coefficient (Wildman–Crippen LogP) is 2.19. The molecule has 0 spiro atoms. The number of rotatable bonds is 4. The van der Waals surface area contributed by atoms with Gasteiger partial charge >= 0.3 is 0 Å². The molecule has 1 N–H and O–H groups in total. The number of benzene rings is 1. The van der Waals surface area contributed by atoms with Crippen LogP contribution >= 0.6 is 11.6 Å². The molecule has 130 valence electrons. The molecular weight excluding hydrogens is 352 g/mol. The van der Waals surface area contributed by atoms with E-state index in [1.807, 2.05) is 6.92 Å². The zero-order chi connectivity index (χ0) is 18.2. The minimum atomic E-state index is -3.66. The molecule has 0 aliphatic rings. The number of sulfonamides is 1. The fourth-order valence-corrected chi connectivity index (χ4v) is 3.32. The van der Waals surface area contributed by atoms with E-state index in [2.05, 4.69) is 10.4 Å². The average Bonchev–Trinajstić information content (AvgIpc) is 2.73. The lowest BCUT2D eigenvalue weighted by molar-refractivity contribution is 0.102. The number of hydrogen-bond acceptors (Lipinski definition) is 4. The van der Waals surface area contributed by atoms with Gasteiger partial charge in [0, 0.05) is 21.1 Å². The second-order valence-electron chi connectivity index (χ2n) is 5.55. The van der Waals surface area contributed by atoms with Gasteiger partial charge in [-0.05, 0) is 32.0 Å². The predicted molar refractivity (Wildman–Crippen MR) is 93.0 cm³/mol. The lowest BCUT2D eigenvalue weighted by Crippen LogP contribution is -2.23. The third-order valence-corrected chi connectivity index (χ3v) is 5.85. The summed E-state index contributed by atoms with van der Waals surface area (Å²) in [5.41, 5.74) is 2.12. The molecule has 0 saturated heterocycles. The Hall–Kier alpha value is -1.90. The highest BCUT2D eigenvalue weighted by Gasteiger charge is 2.22. The highest BCUT2D eigenvalue weighted by molar-refractivity contribution is 7.89. The van der Waals surface area contributed by atoms with Crippen molar-refractivity contribution in [3.8, 4) is 0 Å². The largest absolute Gasteiger partial charge is 0.319 e. The molecule has 0 bridgehead atoms. The van der Waals surface area contributed by atoms with Gasteiger partial charge in [-0.3, -0.25) is 9.48 Å². The lowest BCUT2D eigenvalue weighted by Gasteiger charge is -2.13. The Labute approximate surface area is 146 Å². The van der Waals surface area contributed by atoms with Crippen molar-refractivity contribution in [3.63, 3.8) is 0 Å². The average molecular weight is 371 g/mol. The van der Waals surface area contributed by atoms with Crippen molar-refractivity contribution in [2.45, 2.75) is 18.7 Å². The number of halogens is 1. The Bertz CT molecular complexity index is 904.